The second-order valence-electron chi connectivity index (χ2n) is 10.1. The van der Waals surface area contributed by atoms with Crippen molar-refractivity contribution in [2.75, 3.05) is 19.7 Å². The number of rotatable bonds is 9. The van der Waals surface area contributed by atoms with Crippen molar-refractivity contribution in [3.05, 3.63) is 58.7 Å². The minimum Gasteiger partial charge on any atom is -0.466 e. The van der Waals surface area contributed by atoms with Crippen LogP contribution in [0.4, 0.5) is 0 Å². The van der Waals surface area contributed by atoms with Crippen LogP contribution in [0.25, 0.3) is 21.1 Å². The Morgan fingerprint density at radius 2 is 1.89 bits per heavy atom. The summed E-state index contributed by atoms with van der Waals surface area (Å²) in [5, 5.41) is 20.5. The van der Waals surface area contributed by atoms with Gasteiger partial charge in [0, 0.05) is 17.7 Å². The van der Waals surface area contributed by atoms with Gasteiger partial charge in [-0.2, -0.15) is 5.26 Å². The zero-order valence-corrected chi connectivity index (χ0v) is 23.1. The molecule has 2 heterocycles. The van der Waals surface area contributed by atoms with E-state index in [1.807, 2.05) is 13.0 Å². The number of hydrogen-bond acceptors (Lipinski definition) is 7. The third-order valence-electron chi connectivity index (χ3n) is 6.99. The van der Waals surface area contributed by atoms with Gasteiger partial charge in [-0.1, -0.05) is 62.4 Å². The highest BCUT2D eigenvalue weighted by Crippen LogP contribution is 2.35. The molecule has 0 radical (unpaired) electrons. The predicted octanol–water partition coefficient (Wildman–Crippen LogP) is 6.28. The number of ether oxygens (including phenoxy) is 1. The molecule has 194 valence electrons. The van der Waals surface area contributed by atoms with Gasteiger partial charge in [0.25, 0.3) is 0 Å². The van der Waals surface area contributed by atoms with Crippen LogP contribution in [0.15, 0.2) is 36.4 Å². The molecule has 0 saturated carbocycles. The molecular weight excluding hydrogens is 480 g/mol. The van der Waals surface area contributed by atoms with Gasteiger partial charge in [0.1, 0.15) is 10.0 Å². The first-order valence-corrected chi connectivity index (χ1v) is 14.1. The topological polar surface area (TPSA) is 79.1 Å². The zero-order chi connectivity index (χ0) is 26.4. The fourth-order valence-electron chi connectivity index (χ4n) is 5.11. The van der Waals surface area contributed by atoms with Crippen molar-refractivity contribution in [1.29, 1.82) is 5.26 Å². The molecule has 0 bridgehead atoms. The monoisotopic (exact) mass is 516 g/mol. The number of benzene rings is 2. The molecule has 0 aliphatic carbocycles. The molecule has 4 rings (SSSR count). The second-order valence-corrected chi connectivity index (χ2v) is 11.1. The number of nitriles is 1. The summed E-state index contributed by atoms with van der Waals surface area (Å²) in [4.78, 5) is 14.5. The standard InChI is InChI=1S/C30H36N4O2S/c1-5-26-24(19-34-14-12-21(13-15-34)30(35)36-6-2)8-7-9-27(26)29-33-32-28(37-29)23-11-10-22(16-20(3)4)25(17-23)18-31/h7-11,17,20-21H,5-6,12-16,19H2,1-4H3. The first-order chi connectivity index (χ1) is 17.9. The number of carbonyl (C=O) groups is 1. The van der Waals surface area contributed by atoms with Crippen molar-refractivity contribution in [2.45, 2.75) is 59.9 Å². The first-order valence-electron chi connectivity index (χ1n) is 13.3. The Morgan fingerprint density at radius 3 is 2.57 bits per heavy atom. The Morgan fingerprint density at radius 1 is 1.14 bits per heavy atom. The lowest BCUT2D eigenvalue weighted by Gasteiger charge is -2.31. The minimum atomic E-state index is -0.0538. The summed E-state index contributed by atoms with van der Waals surface area (Å²) in [6.07, 6.45) is 3.49. The summed E-state index contributed by atoms with van der Waals surface area (Å²) in [5.74, 6) is 0.464. The molecule has 1 aliphatic heterocycles. The fraction of sp³-hybridized carbons (Fsp3) is 0.467. The Hall–Kier alpha value is -3.08. The number of likely N-dealkylation sites (tertiary alicyclic amines) is 1. The van der Waals surface area contributed by atoms with Crippen molar-refractivity contribution < 1.29 is 9.53 Å². The summed E-state index contributed by atoms with van der Waals surface area (Å²) in [7, 11) is 0. The molecule has 1 aliphatic rings. The van der Waals surface area contributed by atoms with E-state index in [0.717, 1.165) is 72.0 Å². The Kier molecular flexibility index (Phi) is 9.07. The molecule has 1 saturated heterocycles. The van der Waals surface area contributed by atoms with E-state index >= 15 is 0 Å². The molecule has 2 aromatic carbocycles. The van der Waals surface area contributed by atoms with E-state index in [4.69, 9.17) is 4.74 Å². The molecule has 37 heavy (non-hydrogen) atoms. The van der Waals surface area contributed by atoms with Crippen LogP contribution in [0.5, 0.6) is 0 Å². The van der Waals surface area contributed by atoms with Gasteiger partial charge >= 0.3 is 5.97 Å². The zero-order valence-electron chi connectivity index (χ0n) is 22.3. The first kappa shape index (κ1) is 27.0. The number of piperidine rings is 1. The van der Waals surface area contributed by atoms with Crippen LogP contribution in [0, 0.1) is 23.2 Å². The SMILES string of the molecule is CCOC(=O)C1CCN(Cc2cccc(-c3nnc(-c4ccc(CC(C)C)c(C#N)c4)s3)c2CC)CC1. The highest BCUT2D eigenvalue weighted by atomic mass is 32.1. The third-order valence-corrected chi connectivity index (χ3v) is 7.99. The van der Waals surface area contributed by atoms with E-state index in [2.05, 4.69) is 72.3 Å². The van der Waals surface area contributed by atoms with Crippen molar-refractivity contribution in [3.63, 3.8) is 0 Å². The Labute approximate surface area is 224 Å². The summed E-state index contributed by atoms with van der Waals surface area (Å²) in [5.41, 5.74) is 6.46. The number of hydrogen-bond donors (Lipinski definition) is 0. The summed E-state index contributed by atoms with van der Waals surface area (Å²) >= 11 is 1.57. The number of aromatic nitrogens is 2. The number of carbonyl (C=O) groups excluding carboxylic acids is 1. The van der Waals surface area contributed by atoms with Crippen LogP contribution >= 0.6 is 11.3 Å². The average Bonchev–Trinajstić information content (AvgIpc) is 3.39. The van der Waals surface area contributed by atoms with E-state index in [-0.39, 0.29) is 11.9 Å². The molecule has 0 amide bonds. The van der Waals surface area contributed by atoms with E-state index in [9.17, 15) is 10.1 Å². The lowest BCUT2D eigenvalue weighted by atomic mass is 9.95. The van der Waals surface area contributed by atoms with E-state index < -0.39 is 0 Å². The van der Waals surface area contributed by atoms with Crippen molar-refractivity contribution in [1.82, 2.24) is 15.1 Å². The summed E-state index contributed by atoms with van der Waals surface area (Å²) in [6.45, 7) is 11.5. The van der Waals surface area contributed by atoms with Crippen LogP contribution < -0.4 is 0 Å². The van der Waals surface area contributed by atoms with Crippen LogP contribution in [0.2, 0.25) is 0 Å². The Balaban J connectivity index is 1.52. The maximum atomic E-state index is 12.1. The molecule has 1 fully saturated rings. The van der Waals surface area contributed by atoms with Crippen LogP contribution in [-0.2, 0) is 28.9 Å². The van der Waals surface area contributed by atoms with Gasteiger partial charge in [-0.05, 0) is 74.4 Å². The molecule has 3 aromatic rings. The second kappa shape index (κ2) is 12.4. The molecular formula is C30H36N4O2S. The van der Waals surface area contributed by atoms with E-state index in [1.54, 1.807) is 11.3 Å². The Bertz CT molecular complexity index is 1270. The van der Waals surface area contributed by atoms with Gasteiger partial charge in [-0.15, -0.1) is 10.2 Å². The lowest BCUT2D eigenvalue weighted by Crippen LogP contribution is -2.36. The van der Waals surface area contributed by atoms with Gasteiger partial charge in [-0.3, -0.25) is 9.69 Å². The van der Waals surface area contributed by atoms with Gasteiger partial charge in [-0.25, -0.2) is 0 Å². The van der Waals surface area contributed by atoms with Crippen molar-refractivity contribution in [3.8, 4) is 27.2 Å². The minimum absolute atomic E-state index is 0.0222. The van der Waals surface area contributed by atoms with E-state index in [0.29, 0.717) is 18.1 Å². The molecule has 0 N–H and O–H groups in total. The average molecular weight is 517 g/mol. The number of nitrogens with zero attached hydrogens (tertiary/aromatic N) is 4. The number of esters is 1. The van der Waals surface area contributed by atoms with Crippen molar-refractivity contribution >= 4 is 17.3 Å². The summed E-state index contributed by atoms with van der Waals surface area (Å²) in [6, 6.07) is 14.8. The van der Waals surface area contributed by atoms with Gasteiger partial charge in [0.15, 0.2) is 0 Å². The maximum absolute atomic E-state index is 12.1. The van der Waals surface area contributed by atoms with Gasteiger partial charge in [0.2, 0.25) is 0 Å². The van der Waals surface area contributed by atoms with Gasteiger partial charge < -0.3 is 4.74 Å². The largest absolute Gasteiger partial charge is 0.466 e. The molecule has 0 unspecified atom stereocenters. The molecule has 6 nitrogen and oxygen atoms in total. The fourth-order valence-corrected chi connectivity index (χ4v) is 6.00. The van der Waals surface area contributed by atoms with Crippen LogP contribution in [0.1, 0.15) is 62.8 Å². The van der Waals surface area contributed by atoms with Gasteiger partial charge in [0.05, 0.1) is 24.2 Å². The smallest absolute Gasteiger partial charge is 0.309 e. The van der Waals surface area contributed by atoms with Crippen LogP contribution in [-0.4, -0.2) is 40.8 Å². The maximum Gasteiger partial charge on any atom is 0.309 e. The normalized spacial score (nSPS) is 14.6. The molecule has 0 spiro atoms. The highest BCUT2D eigenvalue weighted by Gasteiger charge is 2.26. The van der Waals surface area contributed by atoms with E-state index in [1.165, 1.54) is 11.1 Å². The summed E-state index contributed by atoms with van der Waals surface area (Å²) < 4.78 is 5.22. The third kappa shape index (κ3) is 6.44. The quantitative estimate of drug-likeness (QED) is 0.312. The molecule has 0 atom stereocenters. The van der Waals surface area contributed by atoms with Crippen LogP contribution in [0.3, 0.4) is 0 Å². The van der Waals surface area contributed by atoms with Crippen molar-refractivity contribution in [2.24, 2.45) is 11.8 Å². The highest BCUT2D eigenvalue weighted by molar-refractivity contribution is 7.17. The molecule has 1 aromatic heterocycles. The predicted molar refractivity (Wildman–Crippen MR) is 148 cm³/mol. The molecule has 7 heteroatoms. The lowest BCUT2D eigenvalue weighted by molar-refractivity contribution is -0.149.